The van der Waals surface area contributed by atoms with Crippen LogP contribution in [0.2, 0.25) is 0 Å². The molecule has 0 amide bonds. The molecule has 0 bridgehead atoms. The van der Waals surface area contributed by atoms with Gasteiger partial charge >= 0.3 is 0 Å². The molecule has 0 radical (unpaired) electrons. The first-order valence-electron chi connectivity index (χ1n) is 5.84. The Balaban J connectivity index is 0.000000509. The van der Waals surface area contributed by atoms with E-state index in [1.54, 1.807) is 4.52 Å². The smallest absolute Gasteiger partial charge is 0.216 e. The Morgan fingerprint density at radius 3 is 2.06 bits per heavy atom. The Morgan fingerprint density at radius 1 is 0.938 bits per heavy atom. The van der Waals surface area contributed by atoms with Crippen molar-refractivity contribution in [3.63, 3.8) is 0 Å². The lowest BCUT2D eigenvalue weighted by Gasteiger charge is -1.97. The van der Waals surface area contributed by atoms with Gasteiger partial charge in [0.05, 0.1) is 0 Å². The van der Waals surface area contributed by atoms with E-state index in [-0.39, 0.29) is 0 Å². The van der Waals surface area contributed by atoms with Gasteiger partial charge in [0.2, 0.25) is 0 Å². The van der Waals surface area contributed by atoms with E-state index >= 15 is 0 Å². The second-order valence-electron chi connectivity index (χ2n) is 2.91. The van der Waals surface area contributed by atoms with Gasteiger partial charge in [-0.3, -0.25) is 0 Å². The third-order valence-electron chi connectivity index (χ3n) is 1.72. The molecule has 2 aromatic rings. The zero-order chi connectivity index (χ0) is 12.7. The lowest BCUT2D eigenvalue weighted by Crippen LogP contribution is -1.97. The van der Waals surface area contributed by atoms with Crippen LogP contribution in [-0.2, 0) is 0 Å². The molecular formula is C12H22N4. The number of hydrogen-bond acceptors (Lipinski definition) is 3. The predicted octanol–water partition coefficient (Wildman–Crippen LogP) is 3.10. The van der Waals surface area contributed by atoms with Crippen molar-refractivity contribution >= 4 is 5.78 Å². The average Bonchev–Trinajstić information content (AvgIpc) is 2.65. The molecule has 0 aliphatic rings. The van der Waals surface area contributed by atoms with Gasteiger partial charge in [-0.25, -0.2) is 9.50 Å². The highest BCUT2D eigenvalue weighted by Crippen LogP contribution is 2.03. The summed E-state index contributed by atoms with van der Waals surface area (Å²) in [6.07, 6.45) is 0. The molecule has 0 unspecified atom stereocenters. The Labute approximate surface area is 97.7 Å². The summed E-state index contributed by atoms with van der Waals surface area (Å²) in [6.45, 7) is 13.8. The van der Waals surface area contributed by atoms with E-state index in [1.807, 2.05) is 54.5 Å². The highest BCUT2D eigenvalue weighted by molar-refractivity contribution is 5.30. The molecule has 0 spiro atoms. The molecule has 0 saturated carbocycles. The molecule has 0 aromatic carbocycles. The van der Waals surface area contributed by atoms with Crippen LogP contribution < -0.4 is 0 Å². The van der Waals surface area contributed by atoms with Crippen LogP contribution in [0.15, 0.2) is 6.07 Å². The monoisotopic (exact) mass is 222 g/mol. The van der Waals surface area contributed by atoms with Crippen molar-refractivity contribution in [2.45, 2.75) is 48.5 Å². The molecule has 0 aliphatic carbocycles. The van der Waals surface area contributed by atoms with Gasteiger partial charge in [-0.1, -0.05) is 27.7 Å². The average molecular weight is 222 g/mol. The first-order chi connectivity index (χ1) is 7.66. The van der Waals surface area contributed by atoms with Crippen molar-refractivity contribution in [3.8, 4) is 0 Å². The third-order valence-corrected chi connectivity index (χ3v) is 1.72. The fraction of sp³-hybridized carbons (Fsp3) is 0.583. The lowest BCUT2D eigenvalue weighted by atomic mass is 10.4. The number of fused-ring (bicyclic) bond motifs is 1. The van der Waals surface area contributed by atoms with Crippen LogP contribution in [-0.4, -0.2) is 19.6 Å². The highest BCUT2D eigenvalue weighted by atomic mass is 15.3. The lowest BCUT2D eigenvalue weighted by molar-refractivity contribution is 0.870. The zero-order valence-corrected chi connectivity index (χ0v) is 11.4. The van der Waals surface area contributed by atoms with Gasteiger partial charge in [-0.2, -0.15) is 10.1 Å². The van der Waals surface area contributed by atoms with Crippen molar-refractivity contribution in [3.05, 3.63) is 23.3 Å². The number of aryl methyl sites for hydroxylation is 3. The Kier molecular flexibility index (Phi) is 6.30. The van der Waals surface area contributed by atoms with Crippen molar-refractivity contribution in [2.75, 3.05) is 0 Å². The van der Waals surface area contributed by atoms with Crippen molar-refractivity contribution < 1.29 is 0 Å². The quantitative estimate of drug-likeness (QED) is 0.688. The van der Waals surface area contributed by atoms with Crippen LogP contribution in [0.5, 0.6) is 0 Å². The summed E-state index contributed by atoms with van der Waals surface area (Å²) in [4.78, 5) is 8.42. The van der Waals surface area contributed by atoms with Gasteiger partial charge in [0.25, 0.3) is 5.78 Å². The molecule has 4 heteroatoms. The van der Waals surface area contributed by atoms with E-state index in [1.165, 1.54) is 0 Å². The largest absolute Gasteiger partial charge is 0.252 e. The van der Waals surface area contributed by atoms with Crippen LogP contribution in [0.4, 0.5) is 0 Å². The van der Waals surface area contributed by atoms with E-state index in [4.69, 9.17) is 0 Å². The van der Waals surface area contributed by atoms with Crippen LogP contribution in [0.25, 0.3) is 5.78 Å². The molecule has 16 heavy (non-hydrogen) atoms. The minimum atomic E-state index is 0.685. The fourth-order valence-corrected chi connectivity index (χ4v) is 1.27. The van der Waals surface area contributed by atoms with Crippen molar-refractivity contribution in [2.24, 2.45) is 0 Å². The number of hydrogen-bond donors (Lipinski definition) is 0. The maximum absolute atomic E-state index is 4.25. The van der Waals surface area contributed by atoms with Crippen molar-refractivity contribution in [1.29, 1.82) is 0 Å². The summed E-state index contributed by atoms with van der Waals surface area (Å²) in [7, 11) is 0. The molecular weight excluding hydrogens is 200 g/mol. The van der Waals surface area contributed by atoms with Gasteiger partial charge in [0.1, 0.15) is 5.82 Å². The molecule has 2 aromatic heterocycles. The topological polar surface area (TPSA) is 43.1 Å². The van der Waals surface area contributed by atoms with Gasteiger partial charge in [0, 0.05) is 11.4 Å². The third kappa shape index (κ3) is 3.29. The zero-order valence-electron chi connectivity index (χ0n) is 11.4. The molecule has 0 aliphatic heterocycles. The summed E-state index contributed by atoms with van der Waals surface area (Å²) in [6, 6.07) is 1.99. The SMILES string of the molecule is CC.CC.Cc1cc(C)n2nc(C)nc2n1. The first-order valence-corrected chi connectivity index (χ1v) is 5.84. The van der Waals surface area contributed by atoms with Gasteiger partial charge in [-0.05, 0) is 26.8 Å². The van der Waals surface area contributed by atoms with Gasteiger partial charge < -0.3 is 0 Å². The molecule has 0 saturated heterocycles. The second-order valence-corrected chi connectivity index (χ2v) is 2.91. The van der Waals surface area contributed by atoms with E-state index in [0.717, 1.165) is 17.2 Å². The fourth-order valence-electron chi connectivity index (χ4n) is 1.27. The summed E-state index contributed by atoms with van der Waals surface area (Å²) in [5.41, 5.74) is 2.05. The standard InChI is InChI=1S/C8H10N4.2C2H6/c1-5-4-6(2)12-8(9-5)10-7(3)11-12;2*1-2/h4H,1-3H3;2*1-2H3. The normalized spacial score (nSPS) is 8.94. The molecule has 4 nitrogen and oxygen atoms in total. The second kappa shape index (κ2) is 6.93. The molecule has 0 N–H and O–H groups in total. The Bertz CT molecular complexity index is 432. The Hall–Kier alpha value is -1.45. The maximum atomic E-state index is 4.25. The minimum Gasteiger partial charge on any atom is -0.216 e. The van der Waals surface area contributed by atoms with Crippen LogP contribution in [0.3, 0.4) is 0 Å². The van der Waals surface area contributed by atoms with E-state index < -0.39 is 0 Å². The summed E-state index contributed by atoms with van der Waals surface area (Å²) in [5.74, 6) is 1.45. The minimum absolute atomic E-state index is 0.685. The first kappa shape index (κ1) is 14.6. The van der Waals surface area contributed by atoms with Crippen LogP contribution in [0.1, 0.15) is 44.9 Å². The molecule has 2 heterocycles. The van der Waals surface area contributed by atoms with Gasteiger partial charge in [0.15, 0.2) is 0 Å². The maximum Gasteiger partial charge on any atom is 0.252 e. The molecule has 2 rings (SSSR count). The van der Waals surface area contributed by atoms with E-state index in [9.17, 15) is 0 Å². The van der Waals surface area contributed by atoms with Crippen molar-refractivity contribution in [1.82, 2.24) is 19.6 Å². The number of rotatable bonds is 0. The Morgan fingerprint density at radius 2 is 1.50 bits per heavy atom. The highest BCUT2D eigenvalue weighted by Gasteiger charge is 2.02. The number of nitrogens with zero attached hydrogens (tertiary/aromatic N) is 4. The number of aromatic nitrogens is 4. The summed E-state index contributed by atoms with van der Waals surface area (Å²) in [5, 5.41) is 4.20. The summed E-state index contributed by atoms with van der Waals surface area (Å²) < 4.78 is 1.75. The summed E-state index contributed by atoms with van der Waals surface area (Å²) >= 11 is 0. The van der Waals surface area contributed by atoms with Crippen LogP contribution in [0, 0.1) is 20.8 Å². The molecule has 0 atom stereocenters. The van der Waals surface area contributed by atoms with Crippen LogP contribution >= 0.6 is 0 Å². The van der Waals surface area contributed by atoms with E-state index in [0.29, 0.717) is 5.78 Å². The van der Waals surface area contributed by atoms with Gasteiger partial charge in [-0.15, -0.1) is 0 Å². The predicted molar refractivity (Wildman–Crippen MR) is 67.7 cm³/mol. The van der Waals surface area contributed by atoms with E-state index in [2.05, 4.69) is 15.1 Å². The molecule has 90 valence electrons. The molecule has 0 fully saturated rings.